The summed E-state index contributed by atoms with van der Waals surface area (Å²) in [5, 5.41) is 0. The number of ether oxygens (including phenoxy) is 1. The minimum absolute atomic E-state index is 0.00644. The predicted molar refractivity (Wildman–Crippen MR) is 81.0 cm³/mol. The van der Waals surface area contributed by atoms with E-state index in [0.717, 1.165) is 0 Å². The molecular formula is C14H26N2O2S. The van der Waals surface area contributed by atoms with Crippen LogP contribution < -0.4 is 5.73 Å². The number of rotatable bonds is 3. The number of morpholine rings is 1. The Morgan fingerprint density at radius 3 is 2.05 bits per heavy atom. The Morgan fingerprint density at radius 2 is 1.74 bits per heavy atom. The summed E-state index contributed by atoms with van der Waals surface area (Å²) < 4.78 is 5.99. The number of hydrogen-bond acceptors (Lipinski definition) is 3. The molecule has 1 heterocycles. The number of nitrogens with two attached hydrogens (primary N) is 1. The van der Waals surface area contributed by atoms with E-state index < -0.39 is 5.41 Å². The molecule has 1 saturated heterocycles. The molecule has 1 amide bonds. The highest BCUT2D eigenvalue weighted by Gasteiger charge is 2.45. The van der Waals surface area contributed by atoms with Crippen molar-refractivity contribution in [3.8, 4) is 0 Å². The van der Waals surface area contributed by atoms with Crippen molar-refractivity contribution in [1.29, 1.82) is 0 Å². The van der Waals surface area contributed by atoms with E-state index in [2.05, 4.69) is 0 Å². The molecule has 1 rings (SSSR count). The maximum atomic E-state index is 12.8. The van der Waals surface area contributed by atoms with Gasteiger partial charge in [-0.3, -0.25) is 4.79 Å². The maximum absolute atomic E-state index is 12.8. The molecule has 19 heavy (non-hydrogen) atoms. The second kappa shape index (κ2) is 5.02. The van der Waals surface area contributed by atoms with E-state index in [0.29, 0.717) is 19.5 Å². The number of carbonyl (C=O) groups is 1. The Bertz CT molecular complexity index is 377. The molecule has 110 valence electrons. The fraction of sp³-hybridized carbons (Fsp3) is 0.857. The van der Waals surface area contributed by atoms with Crippen LogP contribution in [0.4, 0.5) is 0 Å². The van der Waals surface area contributed by atoms with Gasteiger partial charge in [0.05, 0.1) is 21.6 Å². The van der Waals surface area contributed by atoms with Crippen molar-refractivity contribution in [3.63, 3.8) is 0 Å². The van der Waals surface area contributed by atoms with Crippen LogP contribution in [0.5, 0.6) is 0 Å². The zero-order chi connectivity index (χ0) is 15.1. The quantitative estimate of drug-likeness (QED) is 0.807. The second-order valence-electron chi connectivity index (χ2n) is 6.83. The first-order valence-electron chi connectivity index (χ1n) is 6.73. The van der Waals surface area contributed by atoms with Crippen molar-refractivity contribution in [2.45, 2.75) is 59.2 Å². The summed E-state index contributed by atoms with van der Waals surface area (Å²) in [7, 11) is 0. The van der Waals surface area contributed by atoms with Gasteiger partial charge >= 0.3 is 0 Å². The summed E-state index contributed by atoms with van der Waals surface area (Å²) >= 11 is 5.09. The van der Waals surface area contributed by atoms with E-state index in [1.165, 1.54) is 0 Å². The monoisotopic (exact) mass is 286 g/mol. The SMILES string of the molecule is CCC(C)(C(=O)N1CC(C)(C)OC(C)(C)C1)C(N)=S. The first-order valence-corrected chi connectivity index (χ1v) is 7.14. The highest BCUT2D eigenvalue weighted by atomic mass is 32.1. The molecule has 1 fully saturated rings. The molecule has 1 aliphatic rings. The molecule has 1 atom stereocenters. The summed E-state index contributed by atoms with van der Waals surface area (Å²) in [4.78, 5) is 14.9. The van der Waals surface area contributed by atoms with Gasteiger partial charge in [0.1, 0.15) is 0 Å². The Balaban J connectivity index is 3.02. The third kappa shape index (κ3) is 3.45. The lowest BCUT2D eigenvalue weighted by Gasteiger charge is -2.49. The minimum atomic E-state index is -0.765. The lowest BCUT2D eigenvalue weighted by Crippen LogP contribution is -2.62. The van der Waals surface area contributed by atoms with Crippen molar-refractivity contribution < 1.29 is 9.53 Å². The van der Waals surface area contributed by atoms with Gasteiger partial charge in [-0.1, -0.05) is 19.1 Å². The first kappa shape index (κ1) is 16.4. The Morgan fingerprint density at radius 1 is 1.32 bits per heavy atom. The van der Waals surface area contributed by atoms with Crippen LogP contribution in [0.3, 0.4) is 0 Å². The van der Waals surface area contributed by atoms with Gasteiger partial charge in [-0.25, -0.2) is 0 Å². The number of amides is 1. The van der Waals surface area contributed by atoms with Crippen LogP contribution in [0.1, 0.15) is 48.0 Å². The van der Waals surface area contributed by atoms with Crippen LogP contribution in [0.15, 0.2) is 0 Å². The summed E-state index contributed by atoms with van der Waals surface area (Å²) in [5.41, 5.74) is 4.29. The van der Waals surface area contributed by atoms with Crippen LogP contribution in [0, 0.1) is 5.41 Å². The van der Waals surface area contributed by atoms with E-state index in [9.17, 15) is 4.79 Å². The van der Waals surface area contributed by atoms with Gasteiger partial charge in [0.2, 0.25) is 5.91 Å². The minimum Gasteiger partial charge on any atom is -0.392 e. The van der Waals surface area contributed by atoms with Gasteiger partial charge in [-0.2, -0.15) is 0 Å². The molecule has 1 unspecified atom stereocenters. The van der Waals surface area contributed by atoms with Crippen LogP contribution in [-0.2, 0) is 9.53 Å². The highest BCUT2D eigenvalue weighted by Crippen LogP contribution is 2.32. The van der Waals surface area contributed by atoms with Crippen molar-refractivity contribution >= 4 is 23.1 Å². The van der Waals surface area contributed by atoms with Gasteiger partial charge in [0.15, 0.2) is 0 Å². The highest BCUT2D eigenvalue weighted by molar-refractivity contribution is 7.80. The molecule has 0 radical (unpaired) electrons. The Labute approximate surface area is 121 Å². The molecule has 0 aromatic carbocycles. The largest absolute Gasteiger partial charge is 0.392 e. The maximum Gasteiger partial charge on any atom is 0.235 e. The molecule has 0 bridgehead atoms. The van der Waals surface area contributed by atoms with Gasteiger partial charge in [0.25, 0.3) is 0 Å². The average molecular weight is 286 g/mol. The lowest BCUT2D eigenvalue weighted by atomic mass is 9.84. The average Bonchev–Trinajstić information content (AvgIpc) is 2.22. The molecule has 0 saturated carbocycles. The second-order valence-corrected chi connectivity index (χ2v) is 7.27. The third-order valence-corrected chi connectivity index (χ3v) is 4.16. The summed E-state index contributed by atoms with van der Waals surface area (Å²) in [6.45, 7) is 12.9. The molecule has 0 aromatic heterocycles. The molecule has 0 aliphatic carbocycles. The number of carbonyl (C=O) groups excluding carboxylic acids is 1. The standard InChI is InChI=1S/C14H26N2O2S/c1-7-14(6,10(15)19)11(17)16-8-12(2,3)18-13(4,5)9-16/h7-9H2,1-6H3,(H2,15,19). The molecule has 4 nitrogen and oxygen atoms in total. The molecule has 0 spiro atoms. The van der Waals surface area contributed by atoms with E-state index in [4.69, 9.17) is 22.7 Å². The first-order chi connectivity index (χ1) is 8.43. The molecule has 2 N–H and O–H groups in total. The zero-order valence-electron chi connectivity index (χ0n) is 12.9. The van der Waals surface area contributed by atoms with Gasteiger partial charge in [-0.05, 0) is 41.0 Å². The topological polar surface area (TPSA) is 55.6 Å². The summed E-state index contributed by atoms with van der Waals surface area (Å²) in [6.07, 6.45) is 0.610. The zero-order valence-corrected chi connectivity index (χ0v) is 13.7. The van der Waals surface area contributed by atoms with Gasteiger partial charge in [-0.15, -0.1) is 0 Å². The normalized spacial score (nSPS) is 24.6. The fourth-order valence-corrected chi connectivity index (χ4v) is 2.94. The van der Waals surface area contributed by atoms with E-state index in [1.54, 1.807) is 0 Å². The van der Waals surface area contributed by atoms with Crippen LogP contribution in [0.25, 0.3) is 0 Å². The number of thiocarbonyl (C=S) groups is 1. The summed E-state index contributed by atoms with van der Waals surface area (Å²) in [5.74, 6) is 0.00644. The number of nitrogens with zero attached hydrogens (tertiary/aromatic N) is 1. The number of hydrogen-bond donors (Lipinski definition) is 1. The van der Waals surface area contributed by atoms with Crippen LogP contribution in [0.2, 0.25) is 0 Å². The van der Waals surface area contributed by atoms with Crippen LogP contribution >= 0.6 is 12.2 Å². The Kier molecular flexibility index (Phi) is 4.32. The Hall–Kier alpha value is -0.680. The lowest BCUT2D eigenvalue weighted by molar-refractivity contribution is -0.191. The van der Waals surface area contributed by atoms with Gasteiger partial charge in [0, 0.05) is 13.1 Å². The van der Waals surface area contributed by atoms with E-state index >= 15 is 0 Å². The smallest absolute Gasteiger partial charge is 0.235 e. The van der Waals surface area contributed by atoms with Crippen molar-refractivity contribution in [3.05, 3.63) is 0 Å². The fourth-order valence-electron chi connectivity index (χ4n) is 2.71. The van der Waals surface area contributed by atoms with E-state index in [-0.39, 0.29) is 22.1 Å². The summed E-state index contributed by atoms with van der Waals surface area (Å²) in [6, 6.07) is 0. The van der Waals surface area contributed by atoms with Gasteiger partial charge < -0.3 is 15.4 Å². The van der Waals surface area contributed by atoms with Crippen molar-refractivity contribution in [2.75, 3.05) is 13.1 Å². The third-order valence-electron chi connectivity index (χ3n) is 3.71. The molecule has 5 heteroatoms. The van der Waals surface area contributed by atoms with Crippen molar-refractivity contribution in [2.24, 2.45) is 11.1 Å². The molecule has 0 aromatic rings. The van der Waals surface area contributed by atoms with Crippen LogP contribution in [-0.4, -0.2) is 40.1 Å². The molecular weight excluding hydrogens is 260 g/mol. The van der Waals surface area contributed by atoms with Crippen molar-refractivity contribution in [1.82, 2.24) is 4.90 Å². The predicted octanol–water partition coefficient (Wildman–Crippen LogP) is 2.10. The van der Waals surface area contributed by atoms with E-state index in [1.807, 2.05) is 46.4 Å². The molecule has 1 aliphatic heterocycles.